The van der Waals surface area contributed by atoms with Gasteiger partial charge in [0.2, 0.25) is 5.25 Å². The lowest BCUT2D eigenvalue weighted by atomic mass is 10.1. The van der Waals surface area contributed by atoms with Crippen molar-refractivity contribution in [3.05, 3.63) is 39.6 Å². The van der Waals surface area contributed by atoms with Crippen LogP contribution in [0, 0.1) is 10.1 Å². The van der Waals surface area contributed by atoms with Gasteiger partial charge in [0, 0.05) is 6.08 Å². The predicted molar refractivity (Wildman–Crippen MR) is 48.2 cm³/mol. The van der Waals surface area contributed by atoms with Crippen LogP contribution in [0.3, 0.4) is 0 Å². The maximum Gasteiger partial charge on any atom is 0.392 e. The van der Waals surface area contributed by atoms with E-state index < -0.39 is 31.7 Å². The minimum absolute atomic E-state index is 0.678. The van der Waals surface area contributed by atoms with Crippen LogP contribution in [0.25, 0.3) is 5.53 Å². The van der Waals surface area contributed by atoms with Crippen molar-refractivity contribution in [1.82, 2.24) is 0 Å². The van der Waals surface area contributed by atoms with E-state index in [2.05, 4.69) is 4.79 Å². The summed E-state index contributed by atoms with van der Waals surface area (Å²) in [5.41, 5.74) is 7.08. The summed E-state index contributed by atoms with van der Waals surface area (Å²) < 4.78 is 30.3. The molecule has 8 nitrogen and oxygen atoms in total. The van der Waals surface area contributed by atoms with Crippen LogP contribution in [0.1, 0.15) is 0 Å². The van der Waals surface area contributed by atoms with Crippen LogP contribution >= 0.6 is 0 Å². The molecule has 1 aliphatic rings. The number of hydrogen-bond donors (Lipinski definition) is 1. The van der Waals surface area contributed by atoms with Crippen LogP contribution in [-0.2, 0) is 10.1 Å². The van der Waals surface area contributed by atoms with Crippen LogP contribution in [0.2, 0.25) is 0 Å². The molecular weight excluding hydrogens is 226 g/mol. The van der Waals surface area contributed by atoms with Gasteiger partial charge in [-0.05, 0) is 0 Å². The van der Waals surface area contributed by atoms with E-state index in [1.165, 1.54) is 0 Å². The molecule has 0 saturated heterocycles. The molecule has 1 atom stereocenters. The standard InChI is InChI=1S/C6H5N3O5S/c7-8-6-4(9(10)11)2-1-3-5(6)15(12,13)14/h1-3,5H,(H,12,13,14). The first-order valence-electron chi connectivity index (χ1n) is 3.59. The van der Waals surface area contributed by atoms with Crippen LogP contribution in [-0.4, -0.2) is 33.6 Å². The number of allylic oxidation sites excluding steroid dienone is 3. The average Bonchev–Trinajstić information content (AvgIpc) is 2.15. The van der Waals surface area contributed by atoms with Gasteiger partial charge in [-0.2, -0.15) is 13.2 Å². The fraction of sp³-hybridized carbons (Fsp3) is 0.167. The highest BCUT2D eigenvalue weighted by Gasteiger charge is 2.43. The molecular formula is C6H5N3O5S. The normalized spacial score (nSPS) is 20.7. The molecule has 0 spiro atoms. The van der Waals surface area contributed by atoms with E-state index in [1.807, 2.05) is 0 Å². The first-order valence-corrected chi connectivity index (χ1v) is 5.09. The third-order valence-corrected chi connectivity index (χ3v) is 2.72. The highest BCUT2D eigenvalue weighted by atomic mass is 32.2. The van der Waals surface area contributed by atoms with E-state index in [4.69, 9.17) is 10.1 Å². The molecule has 1 unspecified atom stereocenters. The number of hydrogen-bond acceptors (Lipinski definition) is 4. The Hall–Kier alpha value is -1.83. The Morgan fingerprint density at radius 3 is 2.60 bits per heavy atom. The first kappa shape index (κ1) is 11.2. The number of nitro groups is 1. The smallest absolute Gasteiger partial charge is 0.361 e. The van der Waals surface area contributed by atoms with Crippen LogP contribution in [0.5, 0.6) is 0 Å². The maximum absolute atomic E-state index is 10.8. The minimum Gasteiger partial charge on any atom is -0.361 e. The van der Waals surface area contributed by atoms with Gasteiger partial charge in [-0.3, -0.25) is 14.7 Å². The summed E-state index contributed by atoms with van der Waals surface area (Å²) in [5.74, 6) is 0. The summed E-state index contributed by atoms with van der Waals surface area (Å²) in [7, 11) is -4.58. The molecule has 1 aliphatic carbocycles. The maximum atomic E-state index is 10.8. The first-order chi connectivity index (χ1) is 6.88. The minimum atomic E-state index is -4.58. The second kappa shape index (κ2) is 3.73. The third kappa shape index (κ3) is 2.15. The molecule has 0 fully saturated rings. The van der Waals surface area contributed by atoms with Gasteiger partial charge in [0.1, 0.15) is 0 Å². The molecule has 0 radical (unpaired) electrons. The Morgan fingerprint density at radius 2 is 2.20 bits per heavy atom. The lowest BCUT2D eigenvalue weighted by Crippen LogP contribution is -2.33. The Bertz CT molecular complexity index is 511. The fourth-order valence-corrected chi connectivity index (χ4v) is 1.81. The summed E-state index contributed by atoms with van der Waals surface area (Å²) in [6.45, 7) is 0. The van der Waals surface area contributed by atoms with Crippen LogP contribution < -0.4 is 0 Å². The molecule has 0 amide bonds. The molecule has 0 bridgehead atoms. The average molecular weight is 231 g/mol. The van der Waals surface area contributed by atoms with Crippen molar-refractivity contribution < 1.29 is 22.7 Å². The van der Waals surface area contributed by atoms with Gasteiger partial charge >= 0.3 is 11.4 Å². The molecule has 0 aromatic heterocycles. The van der Waals surface area contributed by atoms with Crippen molar-refractivity contribution in [2.24, 2.45) is 0 Å². The van der Waals surface area contributed by atoms with E-state index >= 15 is 0 Å². The molecule has 1 N–H and O–H groups in total. The lowest BCUT2D eigenvalue weighted by molar-refractivity contribution is -0.417. The monoisotopic (exact) mass is 231 g/mol. The van der Waals surface area contributed by atoms with Gasteiger partial charge in [0.05, 0.1) is 4.92 Å². The molecule has 0 aromatic rings. The van der Waals surface area contributed by atoms with Crippen molar-refractivity contribution in [1.29, 1.82) is 0 Å². The second-order valence-corrected chi connectivity index (χ2v) is 4.15. The van der Waals surface area contributed by atoms with E-state index in [-0.39, 0.29) is 0 Å². The molecule has 0 aromatic carbocycles. The van der Waals surface area contributed by atoms with Gasteiger partial charge in [0.15, 0.2) is 0 Å². The fourth-order valence-electron chi connectivity index (χ4n) is 1.07. The topological polar surface area (TPSA) is 134 Å². The van der Waals surface area contributed by atoms with E-state index in [0.717, 1.165) is 18.2 Å². The van der Waals surface area contributed by atoms with Gasteiger partial charge in [-0.25, -0.2) is 0 Å². The highest BCUT2D eigenvalue weighted by Crippen LogP contribution is 2.15. The third-order valence-electron chi connectivity index (χ3n) is 1.70. The Kier molecular flexibility index (Phi) is 2.80. The van der Waals surface area contributed by atoms with Gasteiger partial charge in [0.25, 0.3) is 10.1 Å². The molecule has 0 aliphatic heterocycles. The Labute approximate surface area is 84.0 Å². The summed E-state index contributed by atoms with van der Waals surface area (Å²) in [5, 5.41) is 8.72. The molecule has 80 valence electrons. The van der Waals surface area contributed by atoms with Crippen molar-refractivity contribution >= 4 is 15.8 Å². The SMILES string of the molecule is [N-]=[N+]=C1C([N+](=O)[O-])=CC=CC1S(=O)(=O)O. The Morgan fingerprint density at radius 1 is 1.60 bits per heavy atom. The van der Waals surface area contributed by atoms with Gasteiger partial charge in [-0.15, -0.1) is 0 Å². The van der Waals surface area contributed by atoms with Crippen LogP contribution in [0.15, 0.2) is 23.9 Å². The quantitative estimate of drug-likeness (QED) is 0.228. The van der Waals surface area contributed by atoms with Crippen LogP contribution in [0.4, 0.5) is 0 Å². The molecule has 1 rings (SSSR count). The van der Waals surface area contributed by atoms with Gasteiger partial charge in [-0.1, -0.05) is 12.2 Å². The summed E-state index contributed by atoms with van der Waals surface area (Å²) in [4.78, 5) is 12.0. The van der Waals surface area contributed by atoms with Gasteiger partial charge < -0.3 is 5.53 Å². The van der Waals surface area contributed by atoms with E-state index in [9.17, 15) is 18.5 Å². The van der Waals surface area contributed by atoms with Crippen molar-refractivity contribution in [2.45, 2.75) is 5.25 Å². The summed E-state index contributed by atoms with van der Waals surface area (Å²) >= 11 is 0. The zero-order valence-electron chi connectivity index (χ0n) is 7.14. The zero-order chi connectivity index (χ0) is 11.6. The second-order valence-electron chi connectivity index (χ2n) is 2.61. The highest BCUT2D eigenvalue weighted by molar-refractivity contribution is 7.87. The molecule has 15 heavy (non-hydrogen) atoms. The Balaban J connectivity index is 3.33. The number of nitrogens with zero attached hydrogens (tertiary/aromatic N) is 3. The summed E-state index contributed by atoms with van der Waals surface area (Å²) in [6, 6.07) is 0. The summed E-state index contributed by atoms with van der Waals surface area (Å²) in [6.07, 6.45) is 3.03. The number of rotatable bonds is 2. The predicted octanol–water partition coefficient (Wildman–Crippen LogP) is -0.356. The largest absolute Gasteiger partial charge is 0.392 e. The van der Waals surface area contributed by atoms with E-state index in [1.54, 1.807) is 0 Å². The lowest BCUT2D eigenvalue weighted by Gasteiger charge is -2.05. The molecule has 0 saturated carbocycles. The van der Waals surface area contributed by atoms with Crippen molar-refractivity contribution in [3.63, 3.8) is 0 Å². The zero-order valence-corrected chi connectivity index (χ0v) is 7.96. The molecule has 0 heterocycles. The van der Waals surface area contributed by atoms with Crippen molar-refractivity contribution in [3.8, 4) is 0 Å². The molecule has 9 heteroatoms. The van der Waals surface area contributed by atoms with E-state index in [0.29, 0.717) is 0 Å². The van der Waals surface area contributed by atoms with Crippen molar-refractivity contribution in [2.75, 3.05) is 0 Å².